The zero-order valence-corrected chi connectivity index (χ0v) is 10.7. The molecule has 2 nitrogen and oxygen atoms in total. The smallest absolute Gasteiger partial charge is 0.192 e. The monoisotopic (exact) mass is 244 g/mol. The number of benzene rings is 2. The van der Waals surface area contributed by atoms with E-state index in [-0.39, 0.29) is 8.46 Å². The van der Waals surface area contributed by atoms with Crippen LogP contribution in [-0.4, -0.2) is 7.11 Å². The molecule has 3 heteroatoms. The molecule has 0 atom stereocenters. The van der Waals surface area contributed by atoms with Crippen LogP contribution in [0.25, 0.3) is 11.1 Å². The van der Waals surface area contributed by atoms with Gasteiger partial charge in [0.05, 0.1) is 12.4 Å². The Morgan fingerprint density at radius 1 is 1.06 bits per heavy atom. The third kappa shape index (κ3) is 2.37. The first kappa shape index (κ1) is 11.8. The van der Waals surface area contributed by atoms with Crippen molar-refractivity contribution in [2.24, 2.45) is 0 Å². The summed E-state index contributed by atoms with van der Waals surface area (Å²) in [6.45, 7) is 2.02. The Morgan fingerprint density at radius 3 is 2.35 bits per heavy atom. The highest BCUT2D eigenvalue weighted by Gasteiger charge is 2.08. The van der Waals surface area contributed by atoms with Gasteiger partial charge in [-0.2, -0.15) is 0 Å². The Balaban J connectivity index is 2.55. The Morgan fingerprint density at radius 2 is 1.76 bits per heavy atom. The standard InChI is InChI=1S/C14H13O2P/c1-10-4-3-5-13(17-15)14(10)11-6-8-12(16-2)9-7-11/h3-9H,1-2H3. The molecule has 0 unspecified atom stereocenters. The van der Waals surface area contributed by atoms with Gasteiger partial charge in [-0.15, -0.1) is 0 Å². The van der Waals surface area contributed by atoms with Crippen molar-refractivity contribution in [3.63, 3.8) is 0 Å². The minimum absolute atomic E-state index is 0.0501. The molecule has 0 aliphatic rings. The lowest BCUT2D eigenvalue weighted by atomic mass is 10.0. The molecule has 2 aromatic rings. The van der Waals surface area contributed by atoms with Crippen LogP contribution in [0.15, 0.2) is 42.5 Å². The second kappa shape index (κ2) is 5.11. The second-order valence-electron chi connectivity index (χ2n) is 3.79. The summed E-state index contributed by atoms with van der Waals surface area (Å²) in [4.78, 5) is 0. The van der Waals surface area contributed by atoms with Crippen molar-refractivity contribution in [1.82, 2.24) is 0 Å². The van der Waals surface area contributed by atoms with E-state index in [0.717, 1.165) is 27.7 Å². The first-order chi connectivity index (χ1) is 8.26. The van der Waals surface area contributed by atoms with Gasteiger partial charge in [0, 0.05) is 0 Å². The van der Waals surface area contributed by atoms with Gasteiger partial charge < -0.3 is 4.74 Å². The molecule has 0 N–H and O–H groups in total. The lowest BCUT2D eigenvalue weighted by Gasteiger charge is -2.09. The molecule has 0 spiro atoms. The van der Waals surface area contributed by atoms with E-state index in [1.807, 2.05) is 49.4 Å². The summed E-state index contributed by atoms with van der Waals surface area (Å²) in [5.74, 6) is 0.823. The van der Waals surface area contributed by atoms with Crippen LogP contribution >= 0.6 is 8.46 Å². The summed E-state index contributed by atoms with van der Waals surface area (Å²) in [5.41, 5.74) is 3.21. The molecular formula is C14H13O2P. The van der Waals surface area contributed by atoms with E-state index in [1.54, 1.807) is 7.11 Å². The van der Waals surface area contributed by atoms with E-state index >= 15 is 0 Å². The van der Waals surface area contributed by atoms with Crippen LogP contribution in [-0.2, 0) is 4.57 Å². The summed E-state index contributed by atoms with van der Waals surface area (Å²) in [5, 5.41) is 0.815. The number of rotatable bonds is 3. The van der Waals surface area contributed by atoms with E-state index in [1.165, 1.54) is 0 Å². The Labute approximate surface area is 102 Å². The van der Waals surface area contributed by atoms with Gasteiger partial charge in [-0.25, -0.2) is 0 Å². The Bertz CT molecular complexity index is 532. The molecule has 0 fully saturated rings. The van der Waals surface area contributed by atoms with Crippen LogP contribution in [0.3, 0.4) is 0 Å². The zero-order chi connectivity index (χ0) is 12.3. The molecule has 17 heavy (non-hydrogen) atoms. The first-order valence-corrected chi connectivity index (χ1v) is 6.15. The predicted molar refractivity (Wildman–Crippen MR) is 70.4 cm³/mol. The zero-order valence-electron chi connectivity index (χ0n) is 9.81. The summed E-state index contributed by atoms with van der Waals surface area (Å²) < 4.78 is 16.3. The molecule has 2 rings (SSSR count). The van der Waals surface area contributed by atoms with E-state index < -0.39 is 0 Å². The average Bonchev–Trinajstić information content (AvgIpc) is 2.38. The maximum Gasteiger partial charge on any atom is 0.192 e. The third-order valence-electron chi connectivity index (χ3n) is 2.73. The molecule has 0 aliphatic carbocycles. The van der Waals surface area contributed by atoms with Crippen LogP contribution in [0.5, 0.6) is 5.75 Å². The topological polar surface area (TPSA) is 26.3 Å². The SMILES string of the molecule is COc1ccc(-c2c(C)cccc2P=O)cc1. The van der Waals surface area contributed by atoms with Crippen molar-refractivity contribution < 1.29 is 9.30 Å². The quantitative estimate of drug-likeness (QED) is 0.771. The molecule has 0 saturated heterocycles. The molecule has 0 saturated carbocycles. The fourth-order valence-electron chi connectivity index (χ4n) is 1.86. The number of ether oxygens (including phenoxy) is 1. The van der Waals surface area contributed by atoms with Gasteiger partial charge >= 0.3 is 0 Å². The van der Waals surface area contributed by atoms with Gasteiger partial charge in [0.2, 0.25) is 0 Å². The highest BCUT2D eigenvalue weighted by molar-refractivity contribution is 7.34. The molecule has 0 aromatic heterocycles. The van der Waals surface area contributed by atoms with Crippen molar-refractivity contribution in [3.05, 3.63) is 48.0 Å². The van der Waals surface area contributed by atoms with Crippen molar-refractivity contribution in [2.45, 2.75) is 6.92 Å². The largest absolute Gasteiger partial charge is 0.497 e. The van der Waals surface area contributed by atoms with Gasteiger partial charge in [0.25, 0.3) is 0 Å². The van der Waals surface area contributed by atoms with Crippen LogP contribution in [0.1, 0.15) is 5.56 Å². The second-order valence-corrected chi connectivity index (χ2v) is 4.45. The van der Waals surface area contributed by atoms with E-state index in [2.05, 4.69) is 0 Å². The number of aryl methyl sites for hydroxylation is 1. The summed E-state index contributed by atoms with van der Waals surface area (Å²) in [7, 11) is 1.69. The third-order valence-corrected chi connectivity index (χ3v) is 3.30. The van der Waals surface area contributed by atoms with Gasteiger partial charge in [0.15, 0.2) is 8.46 Å². The van der Waals surface area contributed by atoms with Crippen molar-refractivity contribution in [3.8, 4) is 16.9 Å². The van der Waals surface area contributed by atoms with Gasteiger partial charge in [-0.1, -0.05) is 24.3 Å². The van der Waals surface area contributed by atoms with Gasteiger partial charge in [-0.05, 0) is 41.8 Å². The maximum atomic E-state index is 11.1. The molecule has 0 radical (unpaired) electrons. The molecule has 86 valence electrons. The van der Waals surface area contributed by atoms with Crippen LogP contribution in [0.2, 0.25) is 0 Å². The fraction of sp³-hybridized carbons (Fsp3) is 0.143. The molecule has 0 aliphatic heterocycles. The summed E-state index contributed by atoms with van der Waals surface area (Å²) in [6, 6.07) is 13.6. The Kier molecular flexibility index (Phi) is 3.55. The van der Waals surface area contributed by atoms with Crippen LogP contribution < -0.4 is 10.0 Å². The normalized spacial score (nSPS) is 10.5. The molecular weight excluding hydrogens is 231 g/mol. The number of hydrogen-bond acceptors (Lipinski definition) is 2. The predicted octanol–water partition coefficient (Wildman–Crippen LogP) is 3.59. The maximum absolute atomic E-state index is 11.1. The number of methoxy groups -OCH3 is 1. The van der Waals surface area contributed by atoms with E-state index in [9.17, 15) is 4.57 Å². The fourth-order valence-corrected chi connectivity index (χ4v) is 2.41. The molecule has 0 amide bonds. The van der Waals surface area contributed by atoms with Crippen molar-refractivity contribution >= 4 is 13.8 Å². The average molecular weight is 244 g/mol. The highest BCUT2D eigenvalue weighted by Crippen LogP contribution is 2.25. The number of hydrogen-bond donors (Lipinski definition) is 0. The van der Waals surface area contributed by atoms with E-state index in [0.29, 0.717) is 0 Å². The van der Waals surface area contributed by atoms with Crippen molar-refractivity contribution in [2.75, 3.05) is 7.11 Å². The summed E-state index contributed by atoms with van der Waals surface area (Å²) in [6.07, 6.45) is 0. The first-order valence-electron chi connectivity index (χ1n) is 5.33. The lowest BCUT2D eigenvalue weighted by molar-refractivity contribution is 0.415. The minimum Gasteiger partial charge on any atom is -0.497 e. The van der Waals surface area contributed by atoms with Crippen LogP contribution in [0, 0.1) is 6.92 Å². The lowest BCUT2D eigenvalue weighted by Crippen LogP contribution is -2.00. The molecule has 2 aromatic carbocycles. The van der Waals surface area contributed by atoms with Gasteiger partial charge in [-0.3, -0.25) is 4.57 Å². The minimum atomic E-state index is 0.0501. The highest BCUT2D eigenvalue weighted by atomic mass is 31.1. The molecule has 0 heterocycles. The van der Waals surface area contributed by atoms with E-state index in [4.69, 9.17) is 4.74 Å². The molecule has 0 bridgehead atoms. The Hall–Kier alpha value is -1.66. The van der Waals surface area contributed by atoms with Gasteiger partial charge in [0.1, 0.15) is 5.75 Å². The van der Waals surface area contributed by atoms with Crippen molar-refractivity contribution in [1.29, 1.82) is 0 Å². The summed E-state index contributed by atoms with van der Waals surface area (Å²) >= 11 is 0. The van der Waals surface area contributed by atoms with Crippen LogP contribution in [0.4, 0.5) is 0 Å².